The van der Waals surface area contributed by atoms with E-state index in [0.717, 1.165) is 36.9 Å². The fourth-order valence-electron chi connectivity index (χ4n) is 3.22. The molecule has 1 aromatic rings. The molecule has 3 aliphatic carbocycles. The Kier molecular flexibility index (Phi) is 2.26. The quantitative estimate of drug-likeness (QED) is 0.809. The number of benzene rings is 1. The molecule has 2 fully saturated rings. The van der Waals surface area contributed by atoms with Gasteiger partial charge in [0.2, 0.25) is 0 Å². The summed E-state index contributed by atoms with van der Waals surface area (Å²) in [6, 6.07) is 8.12. The molecule has 0 atom stereocenters. The van der Waals surface area contributed by atoms with E-state index in [9.17, 15) is 4.79 Å². The number of nitrogens with zero attached hydrogens (tertiary/aromatic N) is 1. The van der Waals surface area contributed by atoms with Gasteiger partial charge >= 0.3 is 0 Å². The predicted octanol–water partition coefficient (Wildman–Crippen LogP) is 3.34. The van der Waals surface area contributed by atoms with Gasteiger partial charge in [0, 0.05) is 29.8 Å². The Morgan fingerprint density at radius 3 is 2.39 bits per heavy atom. The van der Waals surface area contributed by atoms with Crippen LogP contribution in [0.3, 0.4) is 0 Å². The number of carbonyl (C=O) groups is 1. The first kappa shape index (κ1) is 10.6. The van der Waals surface area contributed by atoms with Gasteiger partial charge in [-0.25, -0.2) is 0 Å². The topological polar surface area (TPSA) is 20.3 Å². The molecule has 18 heavy (non-hydrogen) atoms. The summed E-state index contributed by atoms with van der Waals surface area (Å²) >= 11 is 0. The van der Waals surface area contributed by atoms with Gasteiger partial charge in [0.15, 0.2) is 5.78 Å². The van der Waals surface area contributed by atoms with Crippen LogP contribution in [0.25, 0.3) is 0 Å². The minimum Gasteiger partial charge on any atom is -0.366 e. The van der Waals surface area contributed by atoms with Gasteiger partial charge in [-0.1, -0.05) is 0 Å². The van der Waals surface area contributed by atoms with E-state index in [2.05, 4.69) is 23.1 Å². The Labute approximate surface area is 108 Å². The molecule has 4 rings (SSSR count). The number of hydrogen-bond acceptors (Lipinski definition) is 2. The van der Waals surface area contributed by atoms with Crippen molar-refractivity contribution in [2.75, 3.05) is 4.90 Å². The molecule has 0 N–H and O–H groups in total. The summed E-state index contributed by atoms with van der Waals surface area (Å²) in [5.74, 6) is 0.340. The second-order valence-corrected chi connectivity index (χ2v) is 5.99. The van der Waals surface area contributed by atoms with E-state index in [0.29, 0.717) is 5.78 Å². The summed E-state index contributed by atoms with van der Waals surface area (Å²) in [6.45, 7) is 0. The normalized spacial score (nSPS) is 22.8. The van der Waals surface area contributed by atoms with Gasteiger partial charge < -0.3 is 4.90 Å². The predicted molar refractivity (Wildman–Crippen MR) is 72.2 cm³/mol. The lowest BCUT2D eigenvalue weighted by molar-refractivity contribution is 0.0972. The van der Waals surface area contributed by atoms with Gasteiger partial charge in [0.05, 0.1) is 0 Å². The summed E-state index contributed by atoms with van der Waals surface area (Å²) in [6.07, 6.45) is 8.26. The van der Waals surface area contributed by atoms with Crippen LogP contribution in [0.2, 0.25) is 0 Å². The summed E-state index contributed by atoms with van der Waals surface area (Å²) in [5.41, 5.74) is 3.64. The van der Waals surface area contributed by atoms with Crippen molar-refractivity contribution in [3.05, 3.63) is 29.3 Å². The first-order chi connectivity index (χ1) is 8.83. The molecule has 0 radical (unpaired) electrons. The number of fused-ring (bicyclic) bond motifs is 1. The summed E-state index contributed by atoms with van der Waals surface area (Å²) in [7, 11) is 0. The maximum atomic E-state index is 11.8. The van der Waals surface area contributed by atoms with Crippen molar-refractivity contribution in [2.24, 2.45) is 0 Å². The lowest BCUT2D eigenvalue weighted by Crippen LogP contribution is -2.28. The Bertz CT molecular complexity index is 488. The van der Waals surface area contributed by atoms with Gasteiger partial charge in [0.1, 0.15) is 0 Å². The molecule has 1 aromatic carbocycles. The molecule has 2 nitrogen and oxygen atoms in total. The third kappa shape index (κ3) is 1.75. The van der Waals surface area contributed by atoms with Crippen molar-refractivity contribution in [3.8, 4) is 0 Å². The molecule has 0 aliphatic heterocycles. The fourth-order valence-corrected chi connectivity index (χ4v) is 3.22. The first-order valence-corrected chi connectivity index (χ1v) is 7.27. The highest BCUT2D eigenvalue weighted by Crippen LogP contribution is 2.41. The van der Waals surface area contributed by atoms with Crippen LogP contribution in [0, 0.1) is 0 Å². The van der Waals surface area contributed by atoms with E-state index in [4.69, 9.17) is 0 Å². The van der Waals surface area contributed by atoms with E-state index in [1.165, 1.54) is 36.9 Å². The van der Waals surface area contributed by atoms with E-state index < -0.39 is 0 Å². The minimum atomic E-state index is 0.340. The van der Waals surface area contributed by atoms with Crippen LogP contribution in [0.5, 0.6) is 0 Å². The van der Waals surface area contributed by atoms with Crippen LogP contribution in [-0.2, 0) is 6.42 Å². The molecule has 2 heteroatoms. The molecule has 0 spiro atoms. The van der Waals surface area contributed by atoms with Crippen molar-refractivity contribution in [1.29, 1.82) is 0 Å². The number of rotatable bonds is 3. The fraction of sp³-hybridized carbons (Fsp3) is 0.562. The van der Waals surface area contributed by atoms with Crippen molar-refractivity contribution in [1.82, 2.24) is 0 Å². The largest absolute Gasteiger partial charge is 0.366 e. The number of Topliss-reactive ketones (excluding diaryl/α,β-unsaturated/α-hetero) is 1. The van der Waals surface area contributed by atoms with Crippen molar-refractivity contribution in [3.63, 3.8) is 0 Å². The Hall–Kier alpha value is -1.31. The smallest absolute Gasteiger partial charge is 0.163 e. The SMILES string of the molecule is O=C1CCCc2cc(N(C3CC3)C3CC3)ccc21. The molecular weight excluding hydrogens is 222 g/mol. The van der Waals surface area contributed by atoms with Gasteiger partial charge in [-0.3, -0.25) is 4.79 Å². The van der Waals surface area contributed by atoms with E-state index in [1.807, 2.05) is 0 Å². The molecule has 2 saturated carbocycles. The average Bonchev–Trinajstić information content (AvgIpc) is 3.24. The highest BCUT2D eigenvalue weighted by atomic mass is 16.1. The number of carbonyl (C=O) groups excluding carboxylic acids is 1. The molecule has 0 aromatic heterocycles. The van der Waals surface area contributed by atoms with Gasteiger partial charge in [0.25, 0.3) is 0 Å². The molecule has 0 amide bonds. The zero-order valence-electron chi connectivity index (χ0n) is 10.7. The lowest BCUT2D eigenvalue weighted by atomic mass is 9.90. The van der Waals surface area contributed by atoms with Crippen LogP contribution < -0.4 is 4.90 Å². The van der Waals surface area contributed by atoms with Crippen molar-refractivity contribution < 1.29 is 4.79 Å². The minimum absolute atomic E-state index is 0.340. The molecule has 0 bridgehead atoms. The third-order valence-corrected chi connectivity index (χ3v) is 4.42. The van der Waals surface area contributed by atoms with E-state index >= 15 is 0 Å². The molecular formula is C16H19NO. The van der Waals surface area contributed by atoms with Crippen LogP contribution in [0.15, 0.2) is 18.2 Å². The highest BCUT2D eigenvalue weighted by Gasteiger charge is 2.39. The van der Waals surface area contributed by atoms with Crippen molar-refractivity contribution in [2.45, 2.75) is 57.0 Å². The summed E-state index contributed by atoms with van der Waals surface area (Å²) in [4.78, 5) is 14.5. The zero-order chi connectivity index (χ0) is 12.1. The van der Waals surface area contributed by atoms with Gasteiger partial charge in [-0.05, 0) is 62.3 Å². The number of hydrogen-bond donors (Lipinski definition) is 0. The molecule has 0 saturated heterocycles. The Balaban J connectivity index is 1.70. The van der Waals surface area contributed by atoms with Crippen LogP contribution in [0.4, 0.5) is 5.69 Å². The zero-order valence-corrected chi connectivity index (χ0v) is 10.7. The van der Waals surface area contributed by atoms with Gasteiger partial charge in [-0.2, -0.15) is 0 Å². The third-order valence-electron chi connectivity index (χ3n) is 4.42. The Morgan fingerprint density at radius 2 is 1.72 bits per heavy atom. The van der Waals surface area contributed by atoms with E-state index in [1.54, 1.807) is 0 Å². The molecule has 0 heterocycles. The number of anilines is 1. The molecule has 94 valence electrons. The highest BCUT2D eigenvalue weighted by molar-refractivity contribution is 5.98. The average molecular weight is 241 g/mol. The van der Waals surface area contributed by atoms with Gasteiger partial charge in [-0.15, -0.1) is 0 Å². The van der Waals surface area contributed by atoms with Crippen LogP contribution in [-0.4, -0.2) is 17.9 Å². The van der Waals surface area contributed by atoms with E-state index in [-0.39, 0.29) is 0 Å². The van der Waals surface area contributed by atoms with Crippen molar-refractivity contribution >= 4 is 11.5 Å². The lowest BCUT2D eigenvalue weighted by Gasteiger charge is -2.26. The Morgan fingerprint density at radius 1 is 1.00 bits per heavy atom. The van der Waals surface area contributed by atoms with Crippen LogP contribution >= 0.6 is 0 Å². The molecule has 0 unspecified atom stereocenters. The first-order valence-electron chi connectivity index (χ1n) is 7.27. The standard InChI is InChI=1S/C16H19NO/c18-16-3-1-2-11-10-14(8-9-15(11)16)17(12-4-5-12)13-6-7-13/h8-10,12-13H,1-7H2. The molecule has 3 aliphatic rings. The number of ketones is 1. The monoisotopic (exact) mass is 241 g/mol. The summed E-state index contributed by atoms with van der Waals surface area (Å²) < 4.78 is 0. The number of aryl methyl sites for hydroxylation is 1. The second-order valence-electron chi connectivity index (χ2n) is 5.99. The maximum absolute atomic E-state index is 11.8. The second kappa shape index (κ2) is 3.84. The summed E-state index contributed by atoms with van der Waals surface area (Å²) in [5, 5.41) is 0. The maximum Gasteiger partial charge on any atom is 0.163 e. The van der Waals surface area contributed by atoms with Crippen LogP contribution in [0.1, 0.15) is 54.4 Å².